The van der Waals surface area contributed by atoms with E-state index in [0.29, 0.717) is 12.3 Å². The summed E-state index contributed by atoms with van der Waals surface area (Å²) < 4.78 is 33.9. The molecule has 2 rings (SSSR count). The van der Waals surface area contributed by atoms with Crippen LogP contribution in [0.3, 0.4) is 0 Å². The SMILES string of the molecule is CCS(=O)(=O)c1ccc(Nc2ncc(C#N)c(OCCOC)n2)cc1. The molecule has 8 nitrogen and oxygen atoms in total. The Hall–Kier alpha value is -2.70. The average Bonchev–Trinajstić information content (AvgIpc) is 2.63. The van der Waals surface area contributed by atoms with Gasteiger partial charge in [-0.1, -0.05) is 6.92 Å². The van der Waals surface area contributed by atoms with Crippen molar-refractivity contribution in [2.75, 3.05) is 31.4 Å². The second-order valence-corrected chi connectivity index (χ2v) is 7.20. The molecule has 0 spiro atoms. The lowest BCUT2D eigenvalue weighted by atomic mass is 10.3. The third-order valence-electron chi connectivity index (χ3n) is 3.25. The van der Waals surface area contributed by atoms with Crippen molar-refractivity contribution in [1.29, 1.82) is 5.26 Å². The molecule has 0 saturated heterocycles. The van der Waals surface area contributed by atoms with Crippen LogP contribution < -0.4 is 10.1 Å². The molecular weight excluding hydrogens is 344 g/mol. The van der Waals surface area contributed by atoms with Crippen molar-refractivity contribution in [2.45, 2.75) is 11.8 Å². The molecular formula is C16H18N4O4S. The number of rotatable bonds is 8. The lowest BCUT2D eigenvalue weighted by Gasteiger charge is -2.09. The highest BCUT2D eigenvalue weighted by molar-refractivity contribution is 7.91. The van der Waals surface area contributed by atoms with Crippen molar-refractivity contribution in [3.05, 3.63) is 36.0 Å². The molecule has 0 fully saturated rings. The molecule has 132 valence electrons. The molecule has 2 aromatic rings. The summed E-state index contributed by atoms with van der Waals surface area (Å²) in [4.78, 5) is 8.46. The first-order valence-corrected chi connectivity index (χ1v) is 9.14. The fraction of sp³-hybridized carbons (Fsp3) is 0.312. The zero-order valence-electron chi connectivity index (χ0n) is 13.9. The van der Waals surface area contributed by atoms with Crippen LogP contribution in [-0.2, 0) is 14.6 Å². The van der Waals surface area contributed by atoms with E-state index >= 15 is 0 Å². The molecule has 0 bridgehead atoms. The van der Waals surface area contributed by atoms with E-state index in [0.717, 1.165) is 0 Å². The van der Waals surface area contributed by atoms with Gasteiger partial charge in [-0.25, -0.2) is 13.4 Å². The Balaban J connectivity index is 2.17. The molecule has 0 atom stereocenters. The molecule has 1 heterocycles. The maximum atomic E-state index is 11.8. The van der Waals surface area contributed by atoms with E-state index in [9.17, 15) is 8.42 Å². The Morgan fingerprint density at radius 2 is 1.96 bits per heavy atom. The zero-order chi connectivity index (χ0) is 18.3. The van der Waals surface area contributed by atoms with Crippen molar-refractivity contribution in [3.8, 4) is 11.9 Å². The van der Waals surface area contributed by atoms with E-state index in [-0.39, 0.29) is 34.6 Å². The first-order chi connectivity index (χ1) is 12.0. The number of nitrogens with zero attached hydrogens (tertiary/aromatic N) is 3. The second-order valence-electron chi connectivity index (χ2n) is 4.92. The Kier molecular flexibility index (Phi) is 6.27. The number of nitriles is 1. The van der Waals surface area contributed by atoms with Crippen LogP contribution in [0.4, 0.5) is 11.6 Å². The van der Waals surface area contributed by atoms with Gasteiger partial charge in [0.2, 0.25) is 11.8 Å². The van der Waals surface area contributed by atoms with Crippen LogP contribution in [0.1, 0.15) is 12.5 Å². The van der Waals surface area contributed by atoms with E-state index in [1.54, 1.807) is 26.2 Å². The Bertz CT molecular complexity index is 861. The highest BCUT2D eigenvalue weighted by Gasteiger charge is 2.12. The van der Waals surface area contributed by atoms with Crippen molar-refractivity contribution in [2.24, 2.45) is 0 Å². The van der Waals surface area contributed by atoms with Crippen LogP contribution in [0, 0.1) is 11.3 Å². The zero-order valence-corrected chi connectivity index (χ0v) is 14.7. The highest BCUT2D eigenvalue weighted by Crippen LogP contribution is 2.20. The van der Waals surface area contributed by atoms with Gasteiger partial charge < -0.3 is 14.8 Å². The molecule has 0 aliphatic carbocycles. The van der Waals surface area contributed by atoms with Gasteiger partial charge in [-0.2, -0.15) is 10.2 Å². The molecule has 0 radical (unpaired) electrons. The summed E-state index contributed by atoms with van der Waals surface area (Å²) in [5.74, 6) is 0.431. The molecule has 1 aromatic carbocycles. The average molecular weight is 362 g/mol. The van der Waals surface area contributed by atoms with Crippen LogP contribution in [0.25, 0.3) is 0 Å². The lowest BCUT2D eigenvalue weighted by Crippen LogP contribution is -2.08. The molecule has 9 heteroatoms. The number of nitrogens with one attached hydrogen (secondary N) is 1. The molecule has 1 aromatic heterocycles. The summed E-state index contributed by atoms with van der Waals surface area (Å²) in [7, 11) is -1.70. The summed E-state index contributed by atoms with van der Waals surface area (Å²) in [6.45, 7) is 2.22. The number of aromatic nitrogens is 2. The first kappa shape index (κ1) is 18.6. The van der Waals surface area contributed by atoms with E-state index in [1.165, 1.54) is 18.3 Å². The third-order valence-corrected chi connectivity index (χ3v) is 5.00. The number of sulfone groups is 1. The number of methoxy groups -OCH3 is 1. The minimum Gasteiger partial charge on any atom is -0.474 e. The van der Waals surface area contributed by atoms with Crippen LogP contribution in [0.15, 0.2) is 35.4 Å². The summed E-state index contributed by atoms with van der Waals surface area (Å²) in [5.41, 5.74) is 0.827. The molecule has 0 aliphatic rings. The van der Waals surface area contributed by atoms with E-state index in [2.05, 4.69) is 15.3 Å². The van der Waals surface area contributed by atoms with Crippen LogP contribution in [0.2, 0.25) is 0 Å². The number of hydrogen-bond donors (Lipinski definition) is 1. The van der Waals surface area contributed by atoms with E-state index in [4.69, 9.17) is 14.7 Å². The first-order valence-electron chi connectivity index (χ1n) is 7.49. The van der Waals surface area contributed by atoms with Crippen LogP contribution in [-0.4, -0.2) is 44.5 Å². The van der Waals surface area contributed by atoms with Crippen molar-refractivity contribution in [3.63, 3.8) is 0 Å². The maximum Gasteiger partial charge on any atom is 0.236 e. The van der Waals surface area contributed by atoms with Crippen LogP contribution >= 0.6 is 0 Å². The van der Waals surface area contributed by atoms with Crippen molar-refractivity contribution < 1.29 is 17.9 Å². The summed E-state index contributed by atoms with van der Waals surface area (Å²) in [6.07, 6.45) is 1.35. The fourth-order valence-electron chi connectivity index (χ4n) is 1.88. The van der Waals surface area contributed by atoms with Gasteiger partial charge in [-0.15, -0.1) is 0 Å². The Labute approximate surface area is 146 Å². The molecule has 0 amide bonds. The van der Waals surface area contributed by atoms with Gasteiger partial charge in [0, 0.05) is 12.8 Å². The number of benzene rings is 1. The number of hydrogen-bond acceptors (Lipinski definition) is 8. The summed E-state index contributed by atoms with van der Waals surface area (Å²) >= 11 is 0. The van der Waals surface area contributed by atoms with Gasteiger partial charge in [-0.3, -0.25) is 0 Å². The normalized spacial score (nSPS) is 10.9. The topological polar surface area (TPSA) is 114 Å². The van der Waals surface area contributed by atoms with Crippen LogP contribution in [0.5, 0.6) is 5.88 Å². The molecule has 25 heavy (non-hydrogen) atoms. The predicted molar refractivity (Wildman–Crippen MR) is 91.6 cm³/mol. The summed E-state index contributed by atoms with van der Waals surface area (Å²) in [5, 5.41) is 12.0. The van der Waals surface area contributed by atoms with E-state index < -0.39 is 9.84 Å². The predicted octanol–water partition coefficient (Wildman–Crippen LogP) is 1.91. The number of anilines is 2. The molecule has 1 N–H and O–H groups in total. The van der Waals surface area contributed by atoms with Gasteiger partial charge >= 0.3 is 0 Å². The molecule has 0 aliphatic heterocycles. The van der Waals surface area contributed by atoms with Gasteiger partial charge in [0.25, 0.3) is 0 Å². The minimum absolute atomic E-state index is 0.0423. The van der Waals surface area contributed by atoms with Gasteiger partial charge in [0.1, 0.15) is 18.2 Å². The van der Waals surface area contributed by atoms with Gasteiger partial charge in [0.15, 0.2) is 9.84 Å². The maximum absolute atomic E-state index is 11.8. The molecule has 0 saturated carbocycles. The standard InChI is InChI=1S/C16H18N4O4S/c1-3-25(21,22)14-6-4-13(5-7-14)19-16-18-11-12(10-17)15(20-16)24-9-8-23-2/h4-7,11H,3,8-9H2,1-2H3,(H,18,19,20). The third kappa shape index (κ3) is 4.89. The quantitative estimate of drug-likeness (QED) is 0.708. The Morgan fingerprint density at radius 1 is 1.24 bits per heavy atom. The lowest BCUT2D eigenvalue weighted by molar-refractivity contribution is 0.143. The van der Waals surface area contributed by atoms with E-state index in [1.807, 2.05) is 6.07 Å². The van der Waals surface area contributed by atoms with Gasteiger partial charge in [0.05, 0.1) is 23.5 Å². The van der Waals surface area contributed by atoms with Crippen molar-refractivity contribution in [1.82, 2.24) is 9.97 Å². The monoisotopic (exact) mass is 362 g/mol. The number of ether oxygens (including phenoxy) is 2. The largest absolute Gasteiger partial charge is 0.474 e. The highest BCUT2D eigenvalue weighted by atomic mass is 32.2. The fourth-order valence-corrected chi connectivity index (χ4v) is 2.76. The van der Waals surface area contributed by atoms with Gasteiger partial charge in [-0.05, 0) is 24.3 Å². The Morgan fingerprint density at radius 3 is 2.56 bits per heavy atom. The minimum atomic E-state index is -3.24. The summed E-state index contributed by atoms with van der Waals surface area (Å²) in [6, 6.07) is 8.23. The molecule has 0 unspecified atom stereocenters. The smallest absolute Gasteiger partial charge is 0.236 e. The second kappa shape index (κ2) is 8.41. The van der Waals surface area contributed by atoms with Crippen molar-refractivity contribution >= 4 is 21.5 Å².